The van der Waals surface area contributed by atoms with Crippen LogP contribution in [0.4, 0.5) is 18.9 Å². The first-order chi connectivity index (χ1) is 9.43. The summed E-state index contributed by atoms with van der Waals surface area (Å²) in [5, 5.41) is 9.46. The van der Waals surface area contributed by atoms with Gasteiger partial charge in [0, 0.05) is 16.7 Å². The number of halogens is 4. The van der Waals surface area contributed by atoms with Crippen molar-refractivity contribution in [3.05, 3.63) is 28.2 Å². The van der Waals surface area contributed by atoms with Gasteiger partial charge >= 0.3 is 6.18 Å². The molecule has 0 amide bonds. The van der Waals surface area contributed by atoms with E-state index in [-0.39, 0.29) is 18.3 Å². The van der Waals surface area contributed by atoms with E-state index in [1.54, 1.807) is 11.0 Å². The maximum absolute atomic E-state index is 13.2. The first kappa shape index (κ1) is 15.6. The van der Waals surface area contributed by atoms with E-state index in [0.717, 1.165) is 31.7 Å². The minimum absolute atomic E-state index is 0.118. The standard InChI is InChI=1S/C14H17BrF3NO/c15-10-5-6-13(12(8-10)14(16,17)18)19-7-3-1-2-4-11(19)9-20/h5-6,8,11,20H,1-4,7,9H2. The fourth-order valence-electron chi connectivity index (χ4n) is 2.67. The van der Waals surface area contributed by atoms with Crippen LogP contribution in [0, 0.1) is 0 Å². The van der Waals surface area contributed by atoms with E-state index in [4.69, 9.17) is 0 Å². The van der Waals surface area contributed by atoms with Crippen LogP contribution in [0.5, 0.6) is 0 Å². The van der Waals surface area contributed by atoms with Crippen molar-refractivity contribution in [3.8, 4) is 0 Å². The smallest absolute Gasteiger partial charge is 0.394 e. The number of benzene rings is 1. The molecule has 0 bridgehead atoms. The molecule has 1 aliphatic rings. The van der Waals surface area contributed by atoms with Gasteiger partial charge in [0.25, 0.3) is 0 Å². The topological polar surface area (TPSA) is 23.5 Å². The zero-order valence-corrected chi connectivity index (χ0v) is 12.5. The van der Waals surface area contributed by atoms with Crippen molar-refractivity contribution in [2.24, 2.45) is 0 Å². The van der Waals surface area contributed by atoms with E-state index in [0.29, 0.717) is 11.0 Å². The number of alkyl halides is 3. The Hall–Kier alpha value is -0.750. The van der Waals surface area contributed by atoms with E-state index in [1.807, 2.05) is 0 Å². The summed E-state index contributed by atoms with van der Waals surface area (Å²) in [7, 11) is 0. The third kappa shape index (κ3) is 3.47. The van der Waals surface area contributed by atoms with E-state index >= 15 is 0 Å². The van der Waals surface area contributed by atoms with Crippen LogP contribution in [-0.4, -0.2) is 24.3 Å². The fourth-order valence-corrected chi connectivity index (χ4v) is 3.03. The Balaban J connectivity index is 2.44. The van der Waals surface area contributed by atoms with Gasteiger partial charge in [-0.1, -0.05) is 28.8 Å². The van der Waals surface area contributed by atoms with Crippen molar-refractivity contribution in [2.75, 3.05) is 18.1 Å². The lowest BCUT2D eigenvalue weighted by Gasteiger charge is -2.33. The lowest BCUT2D eigenvalue weighted by Crippen LogP contribution is -2.38. The van der Waals surface area contributed by atoms with Gasteiger partial charge in [0.15, 0.2) is 0 Å². The molecule has 112 valence electrons. The molecule has 6 heteroatoms. The molecule has 2 nitrogen and oxygen atoms in total. The van der Waals surface area contributed by atoms with Gasteiger partial charge in [-0.15, -0.1) is 0 Å². The zero-order chi connectivity index (χ0) is 14.8. The van der Waals surface area contributed by atoms with Crippen LogP contribution in [0.2, 0.25) is 0 Å². The summed E-state index contributed by atoms with van der Waals surface area (Å²) in [6, 6.07) is 3.97. The monoisotopic (exact) mass is 351 g/mol. The number of nitrogens with zero attached hydrogens (tertiary/aromatic N) is 1. The van der Waals surface area contributed by atoms with Crippen LogP contribution in [0.25, 0.3) is 0 Å². The van der Waals surface area contributed by atoms with Crippen LogP contribution in [-0.2, 0) is 6.18 Å². The molecule has 1 aromatic rings. The Bertz CT molecular complexity index is 464. The van der Waals surface area contributed by atoms with Crippen LogP contribution in [0.15, 0.2) is 22.7 Å². The van der Waals surface area contributed by atoms with E-state index in [1.165, 1.54) is 6.07 Å². The highest BCUT2D eigenvalue weighted by molar-refractivity contribution is 9.10. The van der Waals surface area contributed by atoms with E-state index in [2.05, 4.69) is 15.9 Å². The molecule has 1 saturated heterocycles. The molecule has 1 aromatic carbocycles. The van der Waals surface area contributed by atoms with Crippen molar-refractivity contribution in [1.82, 2.24) is 0 Å². The number of anilines is 1. The molecule has 0 aromatic heterocycles. The Morgan fingerprint density at radius 3 is 2.65 bits per heavy atom. The highest BCUT2D eigenvalue weighted by atomic mass is 79.9. The third-order valence-corrected chi connectivity index (χ3v) is 4.15. The molecule has 0 saturated carbocycles. The average molecular weight is 352 g/mol. The zero-order valence-electron chi connectivity index (χ0n) is 11.0. The van der Waals surface area contributed by atoms with Gasteiger partial charge in [-0.25, -0.2) is 0 Å². The quantitative estimate of drug-likeness (QED) is 0.862. The highest BCUT2D eigenvalue weighted by Gasteiger charge is 2.36. The van der Waals surface area contributed by atoms with Gasteiger partial charge in [-0.2, -0.15) is 13.2 Å². The van der Waals surface area contributed by atoms with Crippen molar-refractivity contribution >= 4 is 21.6 Å². The Morgan fingerprint density at radius 2 is 2.00 bits per heavy atom. The number of rotatable bonds is 2. The maximum atomic E-state index is 13.2. The largest absolute Gasteiger partial charge is 0.418 e. The minimum atomic E-state index is -4.40. The van der Waals surface area contributed by atoms with Gasteiger partial charge in [-0.3, -0.25) is 0 Å². The minimum Gasteiger partial charge on any atom is -0.394 e. The lowest BCUT2D eigenvalue weighted by molar-refractivity contribution is -0.137. The molecule has 1 N–H and O–H groups in total. The molecule has 1 unspecified atom stereocenters. The first-order valence-electron chi connectivity index (χ1n) is 6.67. The summed E-state index contributed by atoms with van der Waals surface area (Å²) in [6.07, 6.45) is -0.885. The molecular weight excluding hydrogens is 335 g/mol. The molecule has 0 aliphatic carbocycles. The van der Waals surface area contributed by atoms with Crippen LogP contribution in [0.1, 0.15) is 31.2 Å². The third-order valence-electron chi connectivity index (χ3n) is 3.66. The average Bonchev–Trinajstić information content (AvgIpc) is 2.62. The fraction of sp³-hybridized carbons (Fsp3) is 0.571. The molecule has 0 spiro atoms. The predicted octanol–water partition coefficient (Wildman–Crippen LogP) is 4.21. The molecule has 1 aliphatic heterocycles. The van der Waals surface area contributed by atoms with Gasteiger partial charge in [-0.05, 0) is 31.0 Å². The first-order valence-corrected chi connectivity index (χ1v) is 7.47. The van der Waals surface area contributed by atoms with E-state index in [9.17, 15) is 18.3 Å². The Morgan fingerprint density at radius 1 is 1.25 bits per heavy atom. The number of hydrogen-bond donors (Lipinski definition) is 1. The van der Waals surface area contributed by atoms with Gasteiger partial charge in [0.1, 0.15) is 0 Å². The van der Waals surface area contributed by atoms with Crippen LogP contribution >= 0.6 is 15.9 Å². The summed E-state index contributed by atoms with van der Waals surface area (Å²) in [5.74, 6) is 0. The predicted molar refractivity (Wildman–Crippen MR) is 75.8 cm³/mol. The summed E-state index contributed by atoms with van der Waals surface area (Å²) in [6.45, 7) is 0.434. The summed E-state index contributed by atoms with van der Waals surface area (Å²) < 4.78 is 40.0. The van der Waals surface area contributed by atoms with Gasteiger partial charge in [0.05, 0.1) is 18.2 Å². The molecule has 1 fully saturated rings. The second-order valence-corrected chi connectivity index (χ2v) is 5.95. The van der Waals surface area contributed by atoms with Crippen molar-refractivity contribution in [1.29, 1.82) is 0 Å². The molecule has 2 rings (SSSR count). The van der Waals surface area contributed by atoms with Crippen LogP contribution < -0.4 is 4.90 Å². The molecule has 20 heavy (non-hydrogen) atoms. The number of hydrogen-bond acceptors (Lipinski definition) is 2. The molecule has 0 radical (unpaired) electrons. The van der Waals surface area contributed by atoms with Crippen molar-refractivity contribution < 1.29 is 18.3 Å². The van der Waals surface area contributed by atoms with Gasteiger partial charge in [0.2, 0.25) is 0 Å². The highest BCUT2D eigenvalue weighted by Crippen LogP contribution is 2.39. The number of aliphatic hydroxyl groups excluding tert-OH is 1. The van der Waals surface area contributed by atoms with E-state index < -0.39 is 11.7 Å². The lowest BCUT2D eigenvalue weighted by atomic mass is 10.1. The maximum Gasteiger partial charge on any atom is 0.418 e. The molecule has 1 atom stereocenters. The van der Waals surface area contributed by atoms with Crippen LogP contribution in [0.3, 0.4) is 0 Å². The molecular formula is C14H17BrF3NO. The number of aliphatic hydroxyl groups is 1. The van der Waals surface area contributed by atoms with Gasteiger partial charge < -0.3 is 10.0 Å². The Kier molecular flexibility index (Phi) is 4.96. The molecule has 1 heterocycles. The SMILES string of the molecule is OCC1CCCCCN1c1ccc(Br)cc1C(F)(F)F. The second-order valence-electron chi connectivity index (χ2n) is 5.04. The van der Waals surface area contributed by atoms with Crippen molar-refractivity contribution in [2.45, 2.75) is 37.9 Å². The second kappa shape index (κ2) is 6.35. The summed E-state index contributed by atoms with van der Waals surface area (Å²) in [5.41, 5.74) is -0.478. The van der Waals surface area contributed by atoms with Crippen molar-refractivity contribution in [3.63, 3.8) is 0 Å². The Labute approximate surface area is 124 Å². The summed E-state index contributed by atoms with van der Waals surface area (Å²) >= 11 is 3.09. The normalized spacial score (nSPS) is 20.9. The summed E-state index contributed by atoms with van der Waals surface area (Å²) in [4.78, 5) is 1.71.